The van der Waals surface area contributed by atoms with Gasteiger partial charge in [0.2, 0.25) is 21.8 Å². The van der Waals surface area contributed by atoms with Crippen LogP contribution in [0.4, 0.5) is 17.1 Å². The summed E-state index contributed by atoms with van der Waals surface area (Å²) in [7, 11) is -2.06. The second-order valence-corrected chi connectivity index (χ2v) is 12.3. The summed E-state index contributed by atoms with van der Waals surface area (Å²) in [5, 5.41) is 2.85. The van der Waals surface area contributed by atoms with Crippen LogP contribution in [0, 0.1) is 19.8 Å². The van der Waals surface area contributed by atoms with Gasteiger partial charge in [-0.25, -0.2) is 8.42 Å². The van der Waals surface area contributed by atoms with Gasteiger partial charge < -0.3 is 19.9 Å². The van der Waals surface area contributed by atoms with Gasteiger partial charge in [0.05, 0.1) is 23.6 Å². The molecule has 0 bridgehead atoms. The molecule has 3 aromatic carbocycles. The number of carbonyl (C=O) groups is 2. The highest BCUT2D eigenvalue weighted by Crippen LogP contribution is 2.30. The number of aryl methyl sites for hydroxylation is 2. The minimum Gasteiger partial charge on any atom is -0.495 e. The number of sulfonamides is 1. The van der Waals surface area contributed by atoms with E-state index in [1.54, 1.807) is 24.1 Å². The van der Waals surface area contributed by atoms with Crippen LogP contribution in [0.1, 0.15) is 17.5 Å². The molecule has 0 aromatic heterocycles. The average molecular weight is 563 g/mol. The summed E-state index contributed by atoms with van der Waals surface area (Å²) in [4.78, 5) is 29.6. The zero-order valence-electron chi connectivity index (χ0n) is 23.0. The Kier molecular flexibility index (Phi) is 7.82. The van der Waals surface area contributed by atoms with Gasteiger partial charge in [-0.1, -0.05) is 18.2 Å². The molecule has 1 N–H and O–H groups in total. The molecule has 2 fully saturated rings. The Hall–Kier alpha value is -3.89. The second-order valence-electron chi connectivity index (χ2n) is 10.3. The number of hydrogen-bond donors (Lipinski definition) is 1. The van der Waals surface area contributed by atoms with E-state index < -0.39 is 15.9 Å². The predicted molar refractivity (Wildman–Crippen MR) is 155 cm³/mol. The van der Waals surface area contributed by atoms with Crippen LogP contribution in [0.25, 0.3) is 0 Å². The van der Waals surface area contributed by atoms with Gasteiger partial charge in [-0.05, 0) is 73.5 Å². The Morgan fingerprint density at radius 1 is 0.925 bits per heavy atom. The molecule has 2 aliphatic heterocycles. The number of amides is 2. The number of methoxy groups -OCH3 is 1. The summed E-state index contributed by atoms with van der Waals surface area (Å²) in [6.45, 7) is 6.07. The maximum Gasteiger partial charge on any atom is 0.243 e. The molecule has 0 spiro atoms. The van der Waals surface area contributed by atoms with Crippen LogP contribution in [0.15, 0.2) is 71.6 Å². The fourth-order valence-corrected chi connectivity index (χ4v) is 6.83. The largest absolute Gasteiger partial charge is 0.495 e. The highest BCUT2D eigenvalue weighted by atomic mass is 32.2. The lowest BCUT2D eigenvalue weighted by atomic mass is 10.1. The van der Waals surface area contributed by atoms with Gasteiger partial charge in [0, 0.05) is 50.5 Å². The first-order valence-electron chi connectivity index (χ1n) is 13.3. The van der Waals surface area contributed by atoms with Crippen molar-refractivity contribution in [1.82, 2.24) is 4.31 Å². The molecule has 2 saturated heterocycles. The second kappa shape index (κ2) is 11.3. The van der Waals surface area contributed by atoms with Crippen LogP contribution < -0.4 is 19.9 Å². The highest BCUT2D eigenvalue weighted by Gasteiger charge is 2.35. The van der Waals surface area contributed by atoms with Crippen molar-refractivity contribution in [3.63, 3.8) is 0 Å². The minimum atomic E-state index is -3.69. The Morgan fingerprint density at radius 2 is 1.57 bits per heavy atom. The monoisotopic (exact) mass is 562 g/mol. The van der Waals surface area contributed by atoms with Crippen molar-refractivity contribution in [3.05, 3.63) is 77.9 Å². The van der Waals surface area contributed by atoms with Gasteiger partial charge in [-0.15, -0.1) is 0 Å². The molecule has 0 radical (unpaired) electrons. The van der Waals surface area contributed by atoms with Gasteiger partial charge >= 0.3 is 0 Å². The maximum atomic E-state index is 13.3. The number of carbonyl (C=O) groups excluding carboxylic acids is 2. The molecule has 0 aliphatic carbocycles. The van der Waals surface area contributed by atoms with Crippen LogP contribution in [0.3, 0.4) is 0 Å². The number of piperazine rings is 1. The van der Waals surface area contributed by atoms with E-state index in [9.17, 15) is 18.0 Å². The Labute approximate surface area is 235 Å². The van der Waals surface area contributed by atoms with Gasteiger partial charge in [-0.3, -0.25) is 9.59 Å². The van der Waals surface area contributed by atoms with Crippen LogP contribution in [-0.4, -0.2) is 64.4 Å². The zero-order chi connectivity index (χ0) is 28.4. The first-order valence-corrected chi connectivity index (χ1v) is 14.8. The third kappa shape index (κ3) is 5.68. The van der Waals surface area contributed by atoms with Gasteiger partial charge in [0.1, 0.15) is 5.75 Å². The quantitative estimate of drug-likeness (QED) is 0.470. The van der Waals surface area contributed by atoms with Crippen molar-refractivity contribution in [2.75, 3.05) is 55.0 Å². The number of benzene rings is 3. The molecule has 10 heteroatoms. The summed E-state index contributed by atoms with van der Waals surface area (Å²) >= 11 is 0. The average Bonchev–Trinajstić information content (AvgIpc) is 3.34. The molecule has 0 saturated carbocycles. The summed E-state index contributed by atoms with van der Waals surface area (Å²) < 4.78 is 33.5. The van der Waals surface area contributed by atoms with E-state index in [-0.39, 0.29) is 23.1 Å². The molecular formula is C30H34N4O5S. The molecule has 1 atom stereocenters. The zero-order valence-corrected chi connectivity index (χ0v) is 23.8. The first kappa shape index (κ1) is 27.7. The number of para-hydroxylation sites is 2. The van der Waals surface area contributed by atoms with E-state index in [2.05, 4.69) is 10.2 Å². The lowest BCUT2D eigenvalue weighted by Crippen LogP contribution is -2.48. The third-order valence-corrected chi connectivity index (χ3v) is 9.35. The molecule has 3 aromatic rings. The van der Waals surface area contributed by atoms with Crippen LogP contribution >= 0.6 is 0 Å². The number of hydrogen-bond acceptors (Lipinski definition) is 6. The maximum absolute atomic E-state index is 13.3. The van der Waals surface area contributed by atoms with Crippen molar-refractivity contribution < 1.29 is 22.7 Å². The normalized spacial score (nSPS) is 18.2. The van der Waals surface area contributed by atoms with Crippen LogP contribution in [0.5, 0.6) is 5.75 Å². The topological polar surface area (TPSA) is 99.3 Å². The molecule has 210 valence electrons. The predicted octanol–water partition coefficient (Wildman–Crippen LogP) is 3.81. The first-order chi connectivity index (χ1) is 19.2. The summed E-state index contributed by atoms with van der Waals surface area (Å²) in [6.07, 6.45) is 0.131. The number of nitrogens with one attached hydrogen (secondary N) is 1. The Balaban J connectivity index is 1.19. The number of anilines is 3. The van der Waals surface area contributed by atoms with E-state index in [4.69, 9.17) is 4.74 Å². The Morgan fingerprint density at radius 3 is 2.23 bits per heavy atom. The highest BCUT2D eigenvalue weighted by molar-refractivity contribution is 7.89. The fraction of sp³-hybridized carbons (Fsp3) is 0.333. The number of rotatable bonds is 7. The smallest absolute Gasteiger partial charge is 0.243 e. The van der Waals surface area contributed by atoms with Gasteiger partial charge in [0.15, 0.2) is 0 Å². The van der Waals surface area contributed by atoms with Crippen molar-refractivity contribution in [1.29, 1.82) is 0 Å². The summed E-state index contributed by atoms with van der Waals surface area (Å²) in [5.74, 6) is -0.0756. The Bertz CT molecular complexity index is 1500. The van der Waals surface area contributed by atoms with E-state index in [0.29, 0.717) is 38.4 Å². The lowest BCUT2D eigenvalue weighted by molar-refractivity contribution is -0.122. The summed E-state index contributed by atoms with van der Waals surface area (Å²) in [6, 6.07) is 19.9. The molecule has 9 nitrogen and oxygen atoms in total. The molecular weight excluding hydrogens is 528 g/mol. The molecule has 2 heterocycles. The minimum absolute atomic E-state index is 0.0857. The van der Waals surface area contributed by atoms with Crippen molar-refractivity contribution >= 4 is 38.9 Å². The van der Waals surface area contributed by atoms with E-state index >= 15 is 0 Å². The summed E-state index contributed by atoms with van der Waals surface area (Å²) in [5.41, 5.74) is 4.36. The lowest BCUT2D eigenvalue weighted by Gasteiger charge is -2.35. The molecule has 1 unspecified atom stereocenters. The number of ether oxygens (including phenoxy) is 1. The van der Waals surface area contributed by atoms with E-state index in [0.717, 1.165) is 28.3 Å². The van der Waals surface area contributed by atoms with E-state index in [1.165, 1.54) is 16.4 Å². The standard InChI is InChI=1S/C30H34N4O5S/c1-21-16-22(2)18-25(17-21)34-20-23(19-29(34)35)30(36)31-24-8-10-26(11-9-24)40(37,38)33-14-12-32(13-15-33)27-6-4-5-7-28(27)39-3/h4-11,16-18,23H,12-15,19-20H2,1-3H3,(H,31,36). The SMILES string of the molecule is COc1ccccc1N1CCN(S(=O)(=O)c2ccc(NC(=O)C3CC(=O)N(c4cc(C)cc(C)c4)C3)cc2)CC1. The molecule has 2 aliphatic rings. The fourth-order valence-electron chi connectivity index (χ4n) is 5.40. The van der Waals surface area contributed by atoms with Crippen molar-refractivity contribution in [2.45, 2.75) is 25.2 Å². The van der Waals surface area contributed by atoms with Crippen molar-refractivity contribution in [3.8, 4) is 5.75 Å². The molecule has 5 rings (SSSR count). The molecule has 40 heavy (non-hydrogen) atoms. The van der Waals surface area contributed by atoms with Gasteiger partial charge in [-0.2, -0.15) is 4.31 Å². The third-order valence-electron chi connectivity index (χ3n) is 7.44. The molecule has 2 amide bonds. The van der Waals surface area contributed by atoms with Crippen molar-refractivity contribution in [2.24, 2.45) is 5.92 Å². The van der Waals surface area contributed by atoms with Crippen LogP contribution in [0.2, 0.25) is 0 Å². The van der Waals surface area contributed by atoms with Crippen LogP contribution in [-0.2, 0) is 19.6 Å². The van der Waals surface area contributed by atoms with E-state index in [1.807, 2.05) is 56.3 Å². The van der Waals surface area contributed by atoms with Gasteiger partial charge in [0.25, 0.3) is 0 Å². The number of nitrogens with zero attached hydrogens (tertiary/aromatic N) is 3.